The summed E-state index contributed by atoms with van der Waals surface area (Å²) in [6.07, 6.45) is 1.60. The maximum absolute atomic E-state index is 6.43. The van der Waals surface area contributed by atoms with Crippen LogP contribution in [0.25, 0.3) is 0 Å². The Hall–Kier alpha value is -2.11. The maximum Gasteiger partial charge on any atom is 0.171 e. The lowest BCUT2D eigenvalue weighted by Crippen LogP contribution is -2.18. The highest BCUT2D eigenvalue weighted by Crippen LogP contribution is 2.35. The Labute approximate surface area is 178 Å². The predicted octanol–water partition coefficient (Wildman–Crippen LogP) is 5.19. The van der Waals surface area contributed by atoms with Gasteiger partial charge in [0.15, 0.2) is 16.7 Å². The van der Waals surface area contributed by atoms with Gasteiger partial charge in [0.25, 0.3) is 0 Å². The summed E-state index contributed by atoms with van der Waals surface area (Å²) >= 11 is 6.43. The molecule has 0 fully saturated rings. The minimum atomic E-state index is 0.333. The van der Waals surface area contributed by atoms with E-state index in [1.807, 2.05) is 24.3 Å². The van der Waals surface area contributed by atoms with Crippen molar-refractivity contribution in [3.8, 4) is 11.5 Å². The Morgan fingerprint density at radius 1 is 1.24 bits per heavy atom. The Balaban J connectivity index is 1.88. The molecule has 5 nitrogen and oxygen atoms in total. The topological polar surface area (TPSA) is 52.9 Å². The predicted molar refractivity (Wildman–Crippen MR) is 116 cm³/mol. The molecule has 0 spiro atoms. The van der Waals surface area contributed by atoms with Gasteiger partial charge in [0.05, 0.1) is 25.5 Å². The lowest BCUT2D eigenvalue weighted by atomic mass is 9.91. The Morgan fingerprint density at radius 2 is 2.03 bits per heavy atom. The molecule has 1 atom stereocenters. The zero-order valence-corrected chi connectivity index (χ0v) is 18.1. The van der Waals surface area contributed by atoms with Crippen molar-refractivity contribution in [1.29, 1.82) is 0 Å². The van der Waals surface area contributed by atoms with Crippen LogP contribution in [0.3, 0.4) is 0 Å². The zero-order chi connectivity index (χ0) is 20.6. The van der Waals surface area contributed by atoms with Crippen LogP contribution in [0.4, 0.5) is 0 Å². The quantitative estimate of drug-likeness (QED) is 0.438. The summed E-state index contributed by atoms with van der Waals surface area (Å²) in [4.78, 5) is 9.52. The molecule has 1 unspecified atom stereocenters. The molecule has 29 heavy (non-hydrogen) atoms. The summed E-state index contributed by atoms with van der Waals surface area (Å²) in [5.74, 6) is 2.06. The van der Waals surface area contributed by atoms with Crippen molar-refractivity contribution in [2.75, 3.05) is 26.9 Å². The van der Waals surface area contributed by atoms with Gasteiger partial charge in [-0.15, -0.1) is 0 Å². The third kappa shape index (κ3) is 5.94. The second kappa shape index (κ2) is 10.6. The molecule has 3 rings (SSSR count). The molecule has 0 N–H and O–H groups in total. The molecule has 0 bridgehead atoms. The van der Waals surface area contributed by atoms with E-state index in [-0.39, 0.29) is 0 Å². The number of ether oxygens (including phenoxy) is 3. The van der Waals surface area contributed by atoms with Gasteiger partial charge in [-0.1, -0.05) is 55.8 Å². The van der Waals surface area contributed by atoms with Crippen LogP contribution < -0.4 is 9.47 Å². The molecule has 0 aliphatic carbocycles. The number of pyridine rings is 1. The Bertz CT molecular complexity index is 824. The number of methoxy groups -OCH3 is 1. The van der Waals surface area contributed by atoms with Crippen LogP contribution in [0.1, 0.15) is 37.9 Å². The third-order valence-electron chi connectivity index (χ3n) is 5.08. The molecule has 6 heteroatoms. The first kappa shape index (κ1) is 21.6. The number of aliphatic imine (C=N–C) groups is 1. The van der Waals surface area contributed by atoms with E-state index in [0.29, 0.717) is 54.9 Å². The first-order valence-corrected chi connectivity index (χ1v) is 10.5. The van der Waals surface area contributed by atoms with Crippen molar-refractivity contribution >= 4 is 17.3 Å². The monoisotopic (exact) mass is 416 g/mol. The van der Waals surface area contributed by atoms with Gasteiger partial charge < -0.3 is 14.2 Å². The van der Waals surface area contributed by atoms with E-state index < -0.39 is 0 Å². The lowest BCUT2D eigenvalue weighted by molar-refractivity contribution is 0.171. The Morgan fingerprint density at radius 3 is 2.76 bits per heavy atom. The minimum Gasteiger partial charge on any atom is -0.491 e. The molecule has 1 aromatic heterocycles. The highest BCUT2D eigenvalue weighted by atomic mass is 35.5. The van der Waals surface area contributed by atoms with Crippen molar-refractivity contribution < 1.29 is 14.2 Å². The molecule has 1 aromatic carbocycles. The third-order valence-corrected chi connectivity index (χ3v) is 5.35. The molecule has 156 valence electrons. The van der Waals surface area contributed by atoms with E-state index in [1.165, 1.54) is 0 Å². The van der Waals surface area contributed by atoms with Gasteiger partial charge in [-0.3, -0.25) is 4.99 Å². The number of halogens is 1. The number of hydrogen-bond donors (Lipinski definition) is 0. The molecule has 0 saturated heterocycles. The van der Waals surface area contributed by atoms with Crippen LogP contribution in [-0.2, 0) is 11.3 Å². The fourth-order valence-electron chi connectivity index (χ4n) is 3.20. The highest BCUT2D eigenvalue weighted by molar-refractivity contribution is 6.31. The van der Waals surface area contributed by atoms with Crippen LogP contribution in [0, 0.1) is 11.8 Å². The van der Waals surface area contributed by atoms with Crippen LogP contribution in [-0.4, -0.2) is 37.6 Å². The summed E-state index contributed by atoms with van der Waals surface area (Å²) in [5, 5.41) is 0.333. The van der Waals surface area contributed by atoms with Crippen LogP contribution in [0.5, 0.6) is 11.5 Å². The van der Waals surface area contributed by atoms with E-state index in [9.17, 15) is 0 Å². The number of nitrogens with zero attached hydrogens (tertiary/aromatic N) is 2. The van der Waals surface area contributed by atoms with Gasteiger partial charge >= 0.3 is 0 Å². The van der Waals surface area contributed by atoms with Crippen molar-refractivity contribution in [3.05, 3.63) is 52.8 Å². The van der Waals surface area contributed by atoms with Gasteiger partial charge in [0.2, 0.25) is 0 Å². The molecular weight excluding hydrogens is 388 g/mol. The second-order valence-corrected chi connectivity index (χ2v) is 7.94. The molecule has 0 saturated carbocycles. The van der Waals surface area contributed by atoms with E-state index in [1.54, 1.807) is 7.11 Å². The summed E-state index contributed by atoms with van der Waals surface area (Å²) in [7, 11) is 1.67. The molecule has 1 aliphatic heterocycles. The summed E-state index contributed by atoms with van der Waals surface area (Å²) in [6.45, 7) is 6.81. The van der Waals surface area contributed by atoms with Gasteiger partial charge in [-0.05, 0) is 17.9 Å². The molecule has 0 amide bonds. The van der Waals surface area contributed by atoms with Gasteiger partial charge in [0, 0.05) is 32.1 Å². The molecule has 1 aliphatic rings. The minimum absolute atomic E-state index is 0.333. The number of hydrogen-bond acceptors (Lipinski definition) is 5. The number of rotatable bonds is 8. The average molecular weight is 417 g/mol. The molecule has 0 radical (unpaired) electrons. The molecule has 2 heterocycles. The SMILES string of the molecule is COCCCOc1cc2c(nc1Cl)/C(=N/Cc1ccccc1)CC(C(C)C)CO2. The van der Waals surface area contributed by atoms with E-state index in [2.05, 4.69) is 31.0 Å². The summed E-state index contributed by atoms with van der Waals surface area (Å²) in [6, 6.07) is 12.1. The van der Waals surface area contributed by atoms with Crippen LogP contribution >= 0.6 is 11.6 Å². The van der Waals surface area contributed by atoms with Crippen molar-refractivity contribution in [3.63, 3.8) is 0 Å². The van der Waals surface area contributed by atoms with Crippen LogP contribution in [0.15, 0.2) is 41.4 Å². The average Bonchev–Trinajstić information content (AvgIpc) is 2.90. The molecule has 2 aromatic rings. The fourth-order valence-corrected chi connectivity index (χ4v) is 3.39. The van der Waals surface area contributed by atoms with Gasteiger partial charge in [-0.25, -0.2) is 4.98 Å². The molecular formula is C23H29ClN2O3. The number of benzene rings is 1. The highest BCUT2D eigenvalue weighted by Gasteiger charge is 2.27. The van der Waals surface area contributed by atoms with Gasteiger partial charge in [0.1, 0.15) is 5.69 Å². The van der Waals surface area contributed by atoms with E-state index >= 15 is 0 Å². The summed E-state index contributed by atoms with van der Waals surface area (Å²) < 4.78 is 17.0. The van der Waals surface area contributed by atoms with E-state index in [4.69, 9.17) is 30.8 Å². The second-order valence-electron chi connectivity index (χ2n) is 7.59. The largest absolute Gasteiger partial charge is 0.491 e. The number of fused-ring (bicyclic) bond motifs is 1. The van der Waals surface area contributed by atoms with E-state index in [0.717, 1.165) is 29.8 Å². The van der Waals surface area contributed by atoms with Crippen molar-refractivity contribution in [2.45, 2.75) is 33.2 Å². The normalized spacial score (nSPS) is 17.7. The smallest absolute Gasteiger partial charge is 0.171 e. The first-order valence-electron chi connectivity index (χ1n) is 10.1. The zero-order valence-electron chi connectivity index (χ0n) is 17.4. The number of aromatic nitrogens is 1. The lowest BCUT2D eigenvalue weighted by Gasteiger charge is -2.17. The Kier molecular flexibility index (Phi) is 7.90. The first-order chi connectivity index (χ1) is 14.1. The van der Waals surface area contributed by atoms with Gasteiger partial charge in [-0.2, -0.15) is 0 Å². The fraction of sp³-hybridized carbons (Fsp3) is 0.478. The van der Waals surface area contributed by atoms with Crippen molar-refractivity contribution in [2.24, 2.45) is 16.8 Å². The maximum atomic E-state index is 6.43. The standard InChI is InChI=1S/C23H29ClN2O3/c1-16(2)18-12-19(25-14-17-8-5-4-6-9-17)22-20(29-15-18)13-21(23(24)26-22)28-11-7-10-27-3/h4-6,8-9,13,16,18H,7,10-12,14-15H2,1-3H3/b25-19+. The van der Waals surface area contributed by atoms with Crippen LogP contribution in [0.2, 0.25) is 5.15 Å². The summed E-state index contributed by atoms with van der Waals surface area (Å²) in [5.41, 5.74) is 2.82. The van der Waals surface area contributed by atoms with Crippen molar-refractivity contribution in [1.82, 2.24) is 4.98 Å².